The van der Waals surface area contributed by atoms with Crippen molar-refractivity contribution in [3.8, 4) is 0 Å². The Balaban J connectivity index is 1.34. The average Bonchev–Trinajstić information content (AvgIpc) is 3.26. The summed E-state index contributed by atoms with van der Waals surface area (Å²) < 4.78 is 1.92. The van der Waals surface area contributed by atoms with E-state index in [1.54, 1.807) is 17.0 Å². The SMILES string of the molecule is Cn1nc(N(CCN2CCN(c3ccccc3)CC2)C(=O)c2ccc([N+](=O)[O-])cc2)c2c1CCCC2. The Labute approximate surface area is 211 Å². The van der Waals surface area contributed by atoms with Crippen molar-refractivity contribution in [1.82, 2.24) is 14.7 Å². The summed E-state index contributed by atoms with van der Waals surface area (Å²) in [5.74, 6) is 0.567. The molecule has 36 heavy (non-hydrogen) atoms. The van der Waals surface area contributed by atoms with Crippen LogP contribution < -0.4 is 9.80 Å². The number of nitrogens with zero attached hydrogens (tertiary/aromatic N) is 6. The molecule has 0 bridgehead atoms. The summed E-state index contributed by atoms with van der Waals surface area (Å²) in [6, 6.07) is 16.3. The summed E-state index contributed by atoms with van der Waals surface area (Å²) in [5, 5.41) is 15.9. The number of nitro groups is 1. The van der Waals surface area contributed by atoms with Crippen LogP contribution in [0.25, 0.3) is 0 Å². The molecule has 5 rings (SSSR count). The zero-order chi connectivity index (χ0) is 25.1. The van der Waals surface area contributed by atoms with Gasteiger partial charge in [-0.1, -0.05) is 18.2 Å². The van der Waals surface area contributed by atoms with Gasteiger partial charge in [0.25, 0.3) is 11.6 Å². The van der Waals surface area contributed by atoms with E-state index in [4.69, 9.17) is 5.10 Å². The fraction of sp³-hybridized carbons (Fsp3) is 0.407. The van der Waals surface area contributed by atoms with Crippen LogP contribution in [0.2, 0.25) is 0 Å². The van der Waals surface area contributed by atoms with E-state index in [9.17, 15) is 14.9 Å². The van der Waals surface area contributed by atoms with Crippen molar-refractivity contribution in [3.05, 3.63) is 81.5 Å². The minimum Gasteiger partial charge on any atom is -0.369 e. The Hall–Kier alpha value is -3.72. The van der Waals surface area contributed by atoms with Gasteiger partial charge in [-0.25, -0.2) is 0 Å². The summed E-state index contributed by atoms with van der Waals surface area (Å²) in [5.41, 5.74) is 4.02. The van der Waals surface area contributed by atoms with Crippen molar-refractivity contribution in [2.45, 2.75) is 25.7 Å². The maximum Gasteiger partial charge on any atom is 0.269 e. The molecule has 188 valence electrons. The van der Waals surface area contributed by atoms with Gasteiger partial charge in [0.05, 0.1) is 4.92 Å². The zero-order valence-corrected chi connectivity index (χ0v) is 20.7. The number of fused-ring (bicyclic) bond motifs is 1. The van der Waals surface area contributed by atoms with E-state index < -0.39 is 4.92 Å². The quantitative estimate of drug-likeness (QED) is 0.373. The molecule has 0 saturated carbocycles. The third-order valence-corrected chi connectivity index (χ3v) is 7.30. The molecule has 1 aliphatic heterocycles. The van der Waals surface area contributed by atoms with Crippen molar-refractivity contribution in [2.75, 3.05) is 49.1 Å². The van der Waals surface area contributed by atoms with Crippen LogP contribution in [0, 0.1) is 10.1 Å². The lowest BCUT2D eigenvalue weighted by molar-refractivity contribution is -0.384. The lowest BCUT2D eigenvalue weighted by Gasteiger charge is -2.37. The molecule has 2 heterocycles. The summed E-state index contributed by atoms with van der Waals surface area (Å²) in [4.78, 5) is 30.9. The van der Waals surface area contributed by atoms with Crippen molar-refractivity contribution in [1.29, 1.82) is 0 Å². The van der Waals surface area contributed by atoms with E-state index in [1.807, 2.05) is 17.8 Å². The molecule has 1 aromatic heterocycles. The number of rotatable bonds is 7. The molecule has 9 heteroatoms. The first-order valence-electron chi connectivity index (χ1n) is 12.6. The Morgan fingerprint density at radius 2 is 1.69 bits per heavy atom. The molecule has 0 unspecified atom stereocenters. The number of hydrogen-bond acceptors (Lipinski definition) is 6. The van der Waals surface area contributed by atoms with Crippen molar-refractivity contribution >= 4 is 23.1 Å². The van der Waals surface area contributed by atoms with Gasteiger partial charge in [0.2, 0.25) is 0 Å². The molecule has 9 nitrogen and oxygen atoms in total. The Morgan fingerprint density at radius 1 is 1.00 bits per heavy atom. The number of non-ortho nitro benzene ring substituents is 1. The smallest absolute Gasteiger partial charge is 0.269 e. The second-order valence-electron chi connectivity index (χ2n) is 9.50. The van der Waals surface area contributed by atoms with Gasteiger partial charge >= 0.3 is 0 Å². The molecule has 3 aromatic rings. The van der Waals surface area contributed by atoms with Crippen LogP contribution in [0.1, 0.15) is 34.5 Å². The number of carbonyl (C=O) groups excluding carboxylic acids is 1. The highest BCUT2D eigenvalue weighted by Gasteiger charge is 2.29. The molecule has 0 radical (unpaired) electrons. The zero-order valence-electron chi connectivity index (χ0n) is 20.7. The van der Waals surface area contributed by atoms with Crippen molar-refractivity contribution < 1.29 is 9.72 Å². The number of hydrogen-bond donors (Lipinski definition) is 0. The van der Waals surface area contributed by atoms with Crippen LogP contribution in [0.5, 0.6) is 0 Å². The standard InChI is InChI=1S/C27H32N6O3/c1-29-25-10-6-5-9-24(25)26(28-29)32(27(34)21-11-13-23(14-12-21)33(35)36)20-17-30-15-18-31(19-16-30)22-7-3-2-4-8-22/h2-4,7-8,11-14H,5-6,9-10,15-20H2,1H3. The molecule has 0 spiro atoms. The van der Waals surface area contributed by atoms with Gasteiger partial charge in [0.15, 0.2) is 5.82 Å². The number of nitro benzene ring substituents is 1. The van der Waals surface area contributed by atoms with E-state index >= 15 is 0 Å². The lowest BCUT2D eigenvalue weighted by Crippen LogP contribution is -2.49. The summed E-state index contributed by atoms with van der Waals surface area (Å²) in [7, 11) is 1.95. The Bertz CT molecular complexity index is 1220. The van der Waals surface area contributed by atoms with E-state index in [1.165, 1.54) is 23.5 Å². The first kappa shape index (κ1) is 24.0. The third-order valence-electron chi connectivity index (χ3n) is 7.30. The lowest BCUT2D eigenvalue weighted by atomic mass is 9.97. The number of aryl methyl sites for hydroxylation is 1. The van der Waals surface area contributed by atoms with Gasteiger partial charge in [0, 0.05) is 81.0 Å². The number of piperazine rings is 1. The fourth-order valence-corrected chi connectivity index (χ4v) is 5.26. The highest BCUT2D eigenvalue weighted by Crippen LogP contribution is 2.31. The number of para-hydroxylation sites is 1. The largest absolute Gasteiger partial charge is 0.369 e. The van der Waals surface area contributed by atoms with Crippen molar-refractivity contribution in [2.24, 2.45) is 7.05 Å². The Kier molecular flexibility index (Phi) is 6.99. The van der Waals surface area contributed by atoms with E-state index in [-0.39, 0.29) is 11.6 Å². The maximum atomic E-state index is 13.7. The van der Waals surface area contributed by atoms with Crippen LogP contribution in [0.15, 0.2) is 54.6 Å². The number of carbonyl (C=O) groups is 1. The normalized spacial score (nSPS) is 16.0. The summed E-state index contributed by atoms with van der Waals surface area (Å²) in [6.45, 7) is 5.00. The highest BCUT2D eigenvalue weighted by molar-refractivity contribution is 6.06. The minimum absolute atomic E-state index is 0.0235. The molecule has 0 atom stereocenters. The molecule has 1 aliphatic carbocycles. The number of anilines is 2. The number of amides is 1. The van der Waals surface area contributed by atoms with Gasteiger partial charge in [-0.15, -0.1) is 0 Å². The Morgan fingerprint density at radius 3 is 2.39 bits per heavy atom. The van der Waals surface area contributed by atoms with Crippen LogP contribution in [-0.2, 0) is 19.9 Å². The first-order chi connectivity index (χ1) is 17.5. The summed E-state index contributed by atoms with van der Waals surface area (Å²) >= 11 is 0. The average molecular weight is 489 g/mol. The van der Waals surface area contributed by atoms with Gasteiger partial charge in [-0.3, -0.25) is 29.4 Å². The first-order valence-corrected chi connectivity index (χ1v) is 12.6. The fourth-order valence-electron chi connectivity index (χ4n) is 5.26. The molecular weight excluding hydrogens is 456 g/mol. The number of benzene rings is 2. The van der Waals surface area contributed by atoms with E-state index in [0.29, 0.717) is 12.1 Å². The number of aromatic nitrogens is 2. The topological polar surface area (TPSA) is 87.8 Å². The second-order valence-corrected chi connectivity index (χ2v) is 9.50. The molecule has 1 saturated heterocycles. The second kappa shape index (κ2) is 10.5. The van der Waals surface area contributed by atoms with Gasteiger partial charge < -0.3 is 4.90 Å². The minimum atomic E-state index is -0.448. The molecule has 2 aliphatic rings. The van der Waals surface area contributed by atoms with E-state index in [2.05, 4.69) is 34.1 Å². The van der Waals surface area contributed by atoms with Crippen molar-refractivity contribution in [3.63, 3.8) is 0 Å². The van der Waals surface area contributed by atoms with Crippen LogP contribution in [0.4, 0.5) is 17.2 Å². The monoisotopic (exact) mass is 488 g/mol. The third kappa shape index (κ3) is 4.97. The maximum absolute atomic E-state index is 13.7. The summed E-state index contributed by atoms with van der Waals surface area (Å²) in [6.07, 6.45) is 4.11. The molecule has 1 amide bonds. The van der Waals surface area contributed by atoms with Gasteiger partial charge in [-0.05, 0) is 49.9 Å². The molecule has 0 N–H and O–H groups in total. The predicted octanol–water partition coefficient (Wildman–Crippen LogP) is 3.68. The van der Waals surface area contributed by atoms with E-state index in [0.717, 1.165) is 69.8 Å². The van der Waals surface area contributed by atoms with Crippen LogP contribution in [-0.4, -0.2) is 64.8 Å². The van der Waals surface area contributed by atoms with Crippen LogP contribution in [0.3, 0.4) is 0 Å². The predicted molar refractivity (Wildman–Crippen MR) is 140 cm³/mol. The van der Waals surface area contributed by atoms with Crippen LogP contribution >= 0.6 is 0 Å². The van der Waals surface area contributed by atoms with Gasteiger partial charge in [-0.2, -0.15) is 5.10 Å². The highest BCUT2D eigenvalue weighted by atomic mass is 16.6. The molecular formula is C27H32N6O3. The van der Waals surface area contributed by atoms with Gasteiger partial charge in [0.1, 0.15) is 0 Å². The molecule has 1 fully saturated rings. The molecule has 2 aromatic carbocycles.